The number of para-hydroxylation sites is 1. The van der Waals surface area contributed by atoms with Gasteiger partial charge in [-0.3, -0.25) is 0 Å². The number of aryl methyl sites for hydroxylation is 2. The predicted molar refractivity (Wildman–Crippen MR) is 193 cm³/mol. The van der Waals surface area contributed by atoms with Crippen LogP contribution >= 0.6 is 8.38 Å². The summed E-state index contributed by atoms with van der Waals surface area (Å²) in [7, 11) is 0.0699. The normalized spacial score (nSPS) is 12.0. The summed E-state index contributed by atoms with van der Waals surface area (Å²) in [5, 5.41) is 2.29. The van der Waals surface area contributed by atoms with Gasteiger partial charge in [-0.25, -0.2) is 15.0 Å². The zero-order chi connectivity index (χ0) is 32.6. The molecule has 5 aromatic carbocycles. The molecule has 0 spiro atoms. The largest absolute Gasteiger partial charge is 0.497 e. The van der Waals surface area contributed by atoms with Crippen molar-refractivity contribution in [3.05, 3.63) is 145 Å². The lowest BCUT2D eigenvalue weighted by Crippen LogP contribution is -2.16. The summed E-state index contributed by atoms with van der Waals surface area (Å²) in [6, 6.07) is 40.7. The van der Waals surface area contributed by atoms with Gasteiger partial charge in [0.05, 0.1) is 29.4 Å². The fourth-order valence-corrected chi connectivity index (χ4v) is 7.42. The minimum absolute atomic E-state index is 0.499. The standard InChI is InChI=1S/C40H31N4O3P/c1-26-24-27(2)44-36-25-32(45-3)19-21-35(36)43-38(39(26)44)37-33-13-8-7-10-28(33)16-20-34(37)29-14-17-31(18-15-29)47-48(40-41-22-9-23-42-40)46-30-11-5-4-6-12-30/h4-25H,1-3H3. The van der Waals surface area contributed by atoms with E-state index < -0.39 is 8.38 Å². The SMILES string of the molecule is COc1ccc2nc(-c3c(-c4ccc(OP(Oc5ccccc5)c5ncccn5)cc4)ccc4ccccc34)c3c(C)cc(C)n3c2c1. The average molecular weight is 647 g/mol. The smallest absolute Gasteiger partial charge is 0.366 e. The molecule has 0 aliphatic carbocycles. The van der Waals surface area contributed by atoms with Crippen molar-refractivity contribution in [2.24, 2.45) is 0 Å². The number of aromatic nitrogens is 4. The maximum absolute atomic E-state index is 6.42. The van der Waals surface area contributed by atoms with Gasteiger partial charge in [0, 0.05) is 29.7 Å². The molecule has 0 fully saturated rings. The highest BCUT2D eigenvalue weighted by atomic mass is 31.2. The minimum atomic E-state index is -1.62. The van der Waals surface area contributed by atoms with E-state index in [0.717, 1.165) is 66.7 Å². The average Bonchev–Trinajstić information content (AvgIpc) is 3.45. The van der Waals surface area contributed by atoms with Crippen molar-refractivity contribution in [2.75, 3.05) is 7.11 Å². The van der Waals surface area contributed by atoms with Crippen LogP contribution in [0.25, 0.3) is 49.7 Å². The molecule has 0 bridgehead atoms. The molecule has 0 aliphatic rings. The van der Waals surface area contributed by atoms with Gasteiger partial charge in [-0.2, -0.15) is 0 Å². The van der Waals surface area contributed by atoms with Crippen molar-refractivity contribution in [2.45, 2.75) is 13.8 Å². The fourth-order valence-electron chi connectivity index (χ4n) is 6.27. The van der Waals surface area contributed by atoms with Crippen LogP contribution in [0.15, 0.2) is 134 Å². The topological polar surface area (TPSA) is 70.8 Å². The molecule has 1 atom stereocenters. The van der Waals surface area contributed by atoms with E-state index in [9.17, 15) is 0 Å². The number of hydrogen-bond acceptors (Lipinski definition) is 6. The second-order valence-electron chi connectivity index (χ2n) is 11.5. The Morgan fingerprint density at radius 3 is 2.15 bits per heavy atom. The third kappa shape index (κ3) is 5.38. The van der Waals surface area contributed by atoms with Crippen LogP contribution in [0.2, 0.25) is 0 Å². The second-order valence-corrected chi connectivity index (χ2v) is 12.8. The van der Waals surface area contributed by atoms with Crippen molar-refractivity contribution < 1.29 is 13.8 Å². The van der Waals surface area contributed by atoms with Crippen molar-refractivity contribution in [1.82, 2.24) is 19.4 Å². The molecule has 3 aromatic heterocycles. The summed E-state index contributed by atoms with van der Waals surface area (Å²) in [5.41, 5.74) is 9.94. The Bertz CT molecular complexity index is 2410. The zero-order valence-corrected chi connectivity index (χ0v) is 27.6. The molecular formula is C40H31N4O3P. The number of fused-ring (bicyclic) bond motifs is 4. The van der Waals surface area contributed by atoms with E-state index in [4.69, 9.17) is 18.8 Å². The summed E-state index contributed by atoms with van der Waals surface area (Å²) in [5.74, 6) is 2.15. The first-order valence-corrected chi connectivity index (χ1v) is 16.8. The predicted octanol–water partition coefficient (Wildman–Crippen LogP) is 9.49. The molecule has 7 nitrogen and oxygen atoms in total. The van der Waals surface area contributed by atoms with Gasteiger partial charge in [0.25, 0.3) is 0 Å². The Morgan fingerprint density at radius 1 is 0.667 bits per heavy atom. The number of hydrogen-bond donors (Lipinski definition) is 0. The van der Waals surface area contributed by atoms with E-state index in [1.807, 2.05) is 54.6 Å². The molecule has 1 unspecified atom stereocenters. The lowest BCUT2D eigenvalue weighted by Gasteiger charge is -2.18. The highest BCUT2D eigenvalue weighted by Gasteiger charge is 2.23. The molecule has 3 heterocycles. The molecule has 0 saturated carbocycles. The summed E-state index contributed by atoms with van der Waals surface area (Å²) in [6.07, 6.45) is 3.39. The highest BCUT2D eigenvalue weighted by Crippen LogP contribution is 2.43. The van der Waals surface area contributed by atoms with Gasteiger partial charge >= 0.3 is 8.38 Å². The van der Waals surface area contributed by atoms with Gasteiger partial charge in [-0.05, 0) is 89.8 Å². The maximum Gasteiger partial charge on any atom is 0.366 e. The Balaban J connectivity index is 1.26. The lowest BCUT2D eigenvalue weighted by atomic mass is 9.91. The lowest BCUT2D eigenvalue weighted by molar-refractivity contribution is 0.415. The van der Waals surface area contributed by atoms with Gasteiger partial charge in [0.2, 0.25) is 5.57 Å². The molecule has 0 aliphatic heterocycles. The Hall–Kier alpha value is -5.78. The molecule has 8 rings (SSSR count). The van der Waals surface area contributed by atoms with E-state index >= 15 is 0 Å². The number of methoxy groups -OCH3 is 1. The van der Waals surface area contributed by atoms with Gasteiger partial charge in [-0.15, -0.1) is 0 Å². The van der Waals surface area contributed by atoms with E-state index in [-0.39, 0.29) is 0 Å². The van der Waals surface area contributed by atoms with Crippen LogP contribution in [0.4, 0.5) is 0 Å². The molecular weight excluding hydrogens is 615 g/mol. The molecule has 8 heteroatoms. The van der Waals surface area contributed by atoms with Crippen molar-refractivity contribution in [3.8, 4) is 39.6 Å². The van der Waals surface area contributed by atoms with Crippen LogP contribution in [0, 0.1) is 13.8 Å². The second kappa shape index (κ2) is 12.4. The Labute approximate surface area is 279 Å². The van der Waals surface area contributed by atoms with Crippen molar-refractivity contribution >= 4 is 41.3 Å². The van der Waals surface area contributed by atoms with Crippen LogP contribution in [-0.2, 0) is 0 Å². The molecule has 8 aromatic rings. The maximum atomic E-state index is 6.42. The number of nitrogens with zero attached hydrogens (tertiary/aromatic N) is 4. The quantitative estimate of drug-likeness (QED) is 0.153. The molecule has 48 heavy (non-hydrogen) atoms. The monoisotopic (exact) mass is 646 g/mol. The molecule has 0 saturated heterocycles. The minimum Gasteiger partial charge on any atom is -0.497 e. The van der Waals surface area contributed by atoms with Gasteiger partial charge in [0.15, 0.2) is 0 Å². The summed E-state index contributed by atoms with van der Waals surface area (Å²) >= 11 is 0. The van der Waals surface area contributed by atoms with Crippen LogP contribution < -0.4 is 19.3 Å². The van der Waals surface area contributed by atoms with Gasteiger partial charge in [-0.1, -0.05) is 66.7 Å². The highest BCUT2D eigenvalue weighted by molar-refractivity contribution is 7.56. The first kappa shape index (κ1) is 29.6. The zero-order valence-electron chi connectivity index (χ0n) is 26.7. The van der Waals surface area contributed by atoms with E-state index in [2.05, 4.69) is 88.9 Å². The van der Waals surface area contributed by atoms with Crippen LogP contribution in [-0.4, -0.2) is 26.5 Å². The van der Waals surface area contributed by atoms with Crippen molar-refractivity contribution in [3.63, 3.8) is 0 Å². The van der Waals surface area contributed by atoms with E-state index in [1.165, 1.54) is 0 Å². The number of ether oxygens (including phenoxy) is 1. The molecule has 0 radical (unpaired) electrons. The summed E-state index contributed by atoms with van der Waals surface area (Å²) in [6.45, 7) is 4.30. The van der Waals surface area contributed by atoms with Crippen LogP contribution in [0.1, 0.15) is 11.3 Å². The van der Waals surface area contributed by atoms with E-state index in [0.29, 0.717) is 17.1 Å². The van der Waals surface area contributed by atoms with Gasteiger partial charge in [0.1, 0.15) is 17.2 Å². The molecule has 0 amide bonds. The Morgan fingerprint density at radius 2 is 1.38 bits per heavy atom. The third-order valence-corrected chi connectivity index (χ3v) is 9.73. The summed E-state index contributed by atoms with van der Waals surface area (Å²) < 4.78 is 20.6. The third-order valence-electron chi connectivity index (χ3n) is 8.42. The Kier molecular flexibility index (Phi) is 7.67. The van der Waals surface area contributed by atoms with Crippen molar-refractivity contribution in [1.29, 1.82) is 0 Å². The first-order chi connectivity index (χ1) is 23.6. The molecule has 234 valence electrons. The van der Waals surface area contributed by atoms with Gasteiger partial charge < -0.3 is 18.2 Å². The first-order valence-electron chi connectivity index (χ1n) is 15.6. The van der Waals surface area contributed by atoms with Crippen LogP contribution in [0.3, 0.4) is 0 Å². The number of rotatable bonds is 8. The van der Waals surface area contributed by atoms with E-state index in [1.54, 1.807) is 25.6 Å². The van der Waals surface area contributed by atoms with Crippen LogP contribution in [0.5, 0.6) is 17.2 Å². The number of benzene rings is 5. The fraction of sp³-hybridized carbons (Fsp3) is 0.0750. The molecule has 0 N–H and O–H groups in total. The summed E-state index contributed by atoms with van der Waals surface area (Å²) in [4.78, 5) is 14.2.